The Bertz CT molecular complexity index is 659. The van der Waals surface area contributed by atoms with Crippen LogP contribution in [0.15, 0.2) is 36.4 Å². The maximum atomic E-state index is 12.1. The summed E-state index contributed by atoms with van der Waals surface area (Å²) in [6.45, 7) is 0. The van der Waals surface area contributed by atoms with Gasteiger partial charge in [-0.1, -0.05) is 11.6 Å². The number of aromatic hydroxyl groups is 1. The van der Waals surface area contributed by atoms with Gasteiger partial charge in [-0.2, -0.15) is 0 Å². The Morgan fingerprint density at radius 3 is 2.70 bits per heavy atom. The predicted octanol–water partition coefficient (Wildman–Crippen LogP) is 2.89. The first-order valence-corrected chi connectivity index (χ1v) is 6.12. The molecule has 0 saturated carbocycles. The number of phenols is 1. The van der Waals surface area contributed by atoms with Gasteiger partial charge in [0.2, 0.25) is 0 Å². The molecule has 0 bridgehead atoms. The largest absolute Gasteiger partial charge is 0.507 e. The highest BCUT2D eigenvalue weighted by atomic mass is 35.5. The van der Waals surface area contributed by atoms with Crippen LogP contribution in [0.5, 0.6) is 11.5 Å². The molecule has 0 atom stereocenters. The Balaban J connectivity index is 2.25. The molecule has 0 aliphatic heterocycles. The standard InChI is InChI=1S/C14H13ClN2O3/c1-20-9-3-5-13(18)10(7-9)14(19)17-8-2-4-12(16)11(15)6-8/h2-7,18H,16H2,1H3,(H,17,19). The number of nitrogen functional groups attached to an aromatic ring is 1. The zero-order chi connectivity index (χ0) is 14.7. The van der Waals surface area contributed by atoms with Crippen LogP contribution in [0, 0.1) is 0 Å². The summed E-state index contributed by atoms with van der Waals surface area (Å²) in [7, 11) is 1.48. The van der Waals surface area contributed by atoms with Gasteiger partial charge in [0.25, 0.3) is 5.91 Å². The SMILES string of the molecule is COc1ccc(O)c(C(=O)Nc2ccc(N)c(Cl)c2)c1. The van der Waals surface area contributed by atoms with Crippen molar-refractivity contribution in [1.29, 1.82) is 0 Å². The number of anilines is 2. The molecule has 0 radical (unpaired) electrons. The van der Waals surface area contributed by atoms with Crippen molar-refractivity contribution < 1.29 is 14.6 Å². The summed E-state index contributed by atoms with van der Waals surface area (Å²) in [5.41, 5.74) is 6.61. The van der Waals surface area contributed by atoms with Gasteiger partial charge in [0, 0.05) is 5.69 Å². The number of benzene rings is 2. The van der Waals surface area contributed by atoms with Crippen molar-refractivity contribution in [1.82, 2.24) is 0 Å². The first-order valence-electron chi connectivity index (χ1n) is 5.74. The van der Waals surface area contributed by atoms with E-state index in [-0.39, 0.29) is 11.3 Å². The predicted molar refractivity (Wildman–Crippen MR) is 78.5 cm³/mol. The molecular formula is C14H13ClN2O3. The van der Waals surface area contributed by atoms with Gasteiger partial charge in [-0.25, -0.2) is 0 Å². The van der Waals surface area contributed by atoms with Gasteiger partial charge in [-0.05, 0) is 36.4 Å². The highest BCUT2D eigenvalue weighted by Crippen LogP contribution is 2.26. The molecule has 4 N–H and O–H groups in total. The van der Waals surface area contributed by atoms with E-state index in [1.54, 1.807) is 18.2 Å². The maximum absolute atomic E-state index is 12.1. The van der Waals surface area contributed by atoms with E-state index >= 15 is 0 Å². The molecule has 0 heterocycles. The number of rotatable bonds is 3. The summed E-state index contributed by atoms with van der Waals surface area (Å²) in [4.78, 5) is 12.1. The summed E-state index contributed by atoms with van der Waals surface area (Å²) in [6, 6.07) is 9.14. The number of methoxy groups -OCH3 is 1. The lowest BCUT2D eigenvalue weighted by Crippen LogP contribution is -2.12. The third kappa shape index (κ3) is 2.95. The van der Waals surface area contributed by atoms with Crippen LogP contribution in [0.3, 0.4) is 0 Å². The molecule has 0 aliphatic carbocycles. The number of ether oxygens (including phenoxy) is 1. The average molecular weight is 293 g/mol. The third-order valence-electron chi connectivity index (χ3n) is 2.71. The second-order valence-corrected chi connectivity index (χ2v) is 4.48. The Kier molecular flexibility index (Phi) is 4.00. The molecule has 2 aromatic carbocycles. The number of phenolic OH excluding ortho intramolecular Hbond substituents is 1. The fourth-order valence-electron chi connectivity index (χ4n) is 1.63. The van der Waals surface area contributed by atoms with Crippen molar-refractivity contribution in [2.24, 2.45) is 0 Å². The van der Waals surface area contributed by atoms with Crippen LogP contribution in [0.25, 0.3) is 0 Å². The van der Waals surface area contributed by atoms with E-state index in [1.165, 1.54) is 25.3 Å². The normalized spacial score (nSPS) is 10.1. The average Bonchev–Trinajstić information content (AvgIpc) is 2.43. The van der Waals surface area contributed by atoms with Crippen molar-refractivity contribution in [2.75, 3.05) is 18.2 Å². The minimum absolute atomic E-state index is 0.109. The maximum Gasteiger partial charge on any atom is 0.259 e. The quantitative estimate of drug-likeness (QED) is 0.759. The molecule has 2 rings (SSSR count). The third-order valence-corrected chi connectivity index (χ3v) is 3.03. The van der Waals surface area contributed by atoms with Crippen LogP contribution in [-0.4, -0.2) is 18.1 Å². The van der Waals surface area contributed by atoms with Gasteiger partial charge >= 0.3 is 0 Å². The number of hydrogen-bond donors (Lipinski definition) is 3. The van der Waals surface area contributed by atoms with Crippen molar-refractivity contribution >= 4 is 28.9 Å². The lowest BCUT2D eigenvalue weighted by Gasteiger charge is -2.09. The van der Waals surface area contributed by atoms with Crippen molar-refractivity contribution in [2.45, 2.75) is 0 Å². The molecule has 104 valence electrons. The second-order valence-electron chi connectivity index (χ2n) is 4.07. The molecule has 1 amide bonds. The minimum atomic E-state index is -0.470. The molecule has 0 fully saturated rings. The molecular weight excluding hydrogens is 280 g/mol. The molecule has 20 heavy (non-hydrogen) atoms. The number of amides is 1. The topological polar surface area (TPSA) is 84.6 Å². The zero-order valence-electron chi connectivity index (χ0n) is 10.7. The van der Waals surface area contributed by atoms with E-state index in [9.17, 15) is 9.90 Å². The summed E-state index contributed by atoms with van der Waals surface area (Å²) in [6.07, 6.45) is 0. The fourth-order valence-corrected chi connectivity index (χ4v) is 1.81. The Labute approximate surface area is 120 Å². The van der Waals surface area contributed by atoms with Crippen molar-refractivity contribution in [3.8, 4) is 11.5 Å². The van der Waals surface area contributed by atoms with Gasteiger partial charge < -0.3 is 20.9 Å². The van der Waals surface area contributed by atoms with Crippen LogP contribution in [0.1, 0.15) is 10.4 Å². The lowest BCUT2D eigenvalue weighted by molar-refractivity contribution is 0.102. The number of nitrogens with one attached hydrogen (secondary N) is 1. The van der Waals surface area contributed by atoms with E-state index in [1.807, 2.05) is 0 Å². The first kappa shape index (κ1) is 14.0. The molecule has 5 nitrogen and oxygen atoms in total. The summed E-state index contributed by atoms with van der Waals surface area (Å²) < 4.78 is 5.02. The van der Waals surface area contributed by atoms with Crippen molar-refractivity contribution in [3.05, 3.63) is 47.0 Å². The lowest BCUT2D eigenvalue weighted by atomic mass is 10.1. The first-order chi connectivity index (χ1) is 9.51. The van der Waals surface area contributed by atoms with Crippen LogP contribution in [0.2, 0.25) is 5.02 Å². The van der Waals surface area contributed by atoms with Crippen LogP contribution >= 0.6 is 11.6 Å². The van der Waals surface area contributed by atoms with E-state index in [0.29, 0.717) is 22.1 Å². The smallest absolute Gasteiger partial charge is 0.259 e. The molecule has 0 aliphatic rings. The Hall–Kier alpha value is -2.40. The van der Waals surface area contributed by atoms with E-state index in [2.05, 4.69) is 5.32 Å². The molecule has 0 aromatic heterocycles. The Morgan fingerprint density at radius 2 is 2.05 bits per heavy atom. The molecule has 0 unspecified atom stereocenters. The fraction of sp³-hybridized carbons (Fsp3) is 0.0714. The molecule has 2 aromatic rings. The van der Waals surface area contributed by atoms with E-state index in [0.717, 1.165) is 0 Å². The summed E-state index contributed by atoms with van der Waals surface area (Å²) in [5, 5.41) is 12.7. The highest BCUT2D eigenvalue weighted by molar-refractivity contribution is 6.33. The number of carbonyl (C=O) groups is 1. The Morgan fingerprint density at radius 1 is 1.30 bits per heavy atom. The van der Waals surface area contributed by atoms with Gasteiger partial charge in [-0.15, -0.1) is 0 Å². The van der Waals surface area contributed by atoms with Gasteiger partial charge in [0.05, 0.1) is 23.4 Å². The second kappa shape index (κ2) is 5.71. The van der Waals surface area contributed by atoms with E-state index in [4.69, 9.17) is 22.1 Å². The number of hydrogen-bond acceptors (Lipinski definition) is 4. The zero-order valence-corrected chi connectivity index (χ0v) is 11.4. The van der Waals surface area contributed by atoms with Gasteiger partial charge in [0.1, 0.15) is 11.5 Å². The molecule has 0 saturated heterocycles. The number of halogens is 1. The van der Waals surface area contributed by atoms with Crippen LogP contribution in [-0.2, 0) is 0 Å². The van der Waals surface area contributed by atoms with E-state index < -0.39 is 5.91 Å². The minimum Gasteiger partial charge on any atom is -0.507 e. The number of carbonyl (C=O) groups excluding carboxylic acids is 1. The van der Waals surface area contributed by atoms with Gasteiger partial charge in [-0.3, -0.25) is 4.79 Å². The summed E-state index contributed by atoms with van der Waals surface area (Å²) in [5.74, 6) is -0.129. The van der Waals surface area contributed by atoms with Crippen LogP contribution in [0.4, 0.5) is 11.4 Å². The molecule has 6 heteroatoms. The monoisotopic (exact) mass is 292 g/mol. The number of nitrogens with two attached hydrogens (primary N) is 1. The summed E-state index contributed by atoms with van der Waals surface area (Å²) >= 11 is 5.88. The molecule has 0 spiro atoms. The highest BCUT2D eigenvalue weighted by Gasteiger charge is 2.13. The van der Waals surface area contributed by atoms with Gasteiger partial charge in [0.15, 0.2) is 0 Å². The van der Waals surface area contributed by atoms with Crippen molar-refractivity contribution in [3.63, 3.8) is 0 Å². The van der Waals surface area contributed by atoms with Crippen LogP contribution < -0.4 is 15.8 Å².